The summed E-state index contributed by atoms with van der Waals surface area (Å²) < 4.78 is 18.9. The maximum atomic E-state index is 13.9. The molecule has 0 spiro atoms. The molecule has 2 amide bonds. The molecule has 1 saturated heterocycles. The molecule has 0 aliphatic carbocycles. The summed E-state index contributed by atoms with van der Waals surface area (Å²) in [4.78, 5) is 40.7. The third-order valence-electron chi connectivity index (χ3n) is 5.86. The molecule has 8 nitrogen and oxygen atoms in total. The van der Waals surface area contributed by atoms with E-state index in [-0.39, 0.29) is 29.4 Å². The van der Waals surface area contributed by atoms with Crippen molar-refractivity contribution in [3.8, 4) is 11.1 Å². The Balaban J connectivity index is 1.42. The number of esters is 1. The van der Waals surface area contributed by atoms with Gasteiger partial charge < -0.3 is 21.1 Å². The minimum absolute atomic E-state index is 0.0321. The first-order chi connectivity index (χ1) is 18.0. The number of anilines is 1. The minimum Gasteiger partial charge on any atom is -0.465 e. The summed E-state index contributed by atoms with van der Waals surface area (Å²) >= 11 is 1.55. The van der Waals surface area contributed by atoms with Crippen molar-refractivity contribution in [1.29, 1.82) is 0 Å². The van der Waals surface area contributed by atoms with Gasteiger partial charge in [0.05, 0.1) is 18.5 Å². The number of cyclic esters (lactones) is 1. The van der Waals surface area contributed by atoms with E-state index in [9.17, 15) is 18.8 Å². The fraction of sp³-hybridized carbons (Fsp3) is 0.259. The number of thioether (sulfide) groups is 1. The molecule has 4 rings (SSSR count). The lowest BCUT2D eigenvalue weighted by Crippen LogP contribution is -2.25. The topological polar surface area (TPSA) is 123 Å². The zero-order valence-corrected chi connectivity index (χ0v) is 20.9. The first-order valence-electron chi connectivity index (χ1n) is 11.9. The highest BCUT2D eigenvalue weighted by Crippen LogP contribution is 2.27. The summed E-state index contributed by atoms with van der Waals surface area (Å²) in [7, 11) is 0. The van der Waals surface area contributed by atoms with E-state index >= 15 is 0 Å². The van der Waals surface area contributed by atoms with Crippen molar-refractivity contribution >= 4 is 35.2 Å². The van der Waals surface area contributed by atoms with E-state index in [0.29, 0.717) is 29.8 Å². The van der Waals surface area contributed by atoms with Crippen LogP contribution in [0.15, 0.2) is 60.9 Å². The number of ether oxygens (including phenoxy) is 1. The molecule has 3 aromatic rings. The number of hydrogen-bond donors (Lipinski definition) is 3. The molecule has 0 saturated carbocycles. The molecule has 1 aliphatic heterocycles. The Kier molecular flexibility index (Phi) is 8.86. The number of nitrogens with zero attached hydrogens (tertiary/aromatic N) is 1. The van der Waals surface area contributed by atoms with Crippen molar-refractivity contribution in [3.05, 3.63) is 83.4 Å². The van der Waals surface area contributed by atoms with Crippen molar-refractivity contribution in [2.75, 3.05) is 24.2 Å². The lowest BCUT2D eigenvalue weighted by molar-refractivity contribution is -0.137. The molecule has 4 N–H and O–H groups in total. The predicted molar refractivity (Wildman–Crippen MR) is 141 cm³/mol. The van der Waals surface area contributed by atoms with E-state index in [2.05, 4.69) is 15.6 Å². The van der Waals surface area contributed by atoms with Crippen LogP contribution in [0.1, 0.15) is 39.1 Å². The molecule has 0 bridgehead atoms. The lowest BCUT2D eigenvalue weighted by atomic mass is 9.95. The average Bonchev–Trinajstić information content (AvgIpc) is 3.33. The lowest BCUT2D eigenvalue weighted by Gasteiger charge is -2.13. The third-order valence-corrected chi connectivity index (χ3v) is 7.22. The van der Waals surface area contributed by atoms with Crippen molar-refractivity contribution in [2.45, 2.75) is 24.6 Å². The van der Waals surface area contributed by atoms with Crippen LogP contribution >= 0.6 is 11.8 Å². The van der Waals surface area contributed by atoms with Crippen molar-refractivity contribution < 1.29 is 23.5 Å². The Labute approximate surface area is 218 Å². The summed E-state index contributed by atoms with van der Waals surface area (Å²) in [5, 5.41) is 5.35. The van der Waals surface area contributed by atoms with E-state index in [1.807, 2.05) is 6.07 Å². The van der Waals surface area contributed by atoms with Crippen LogP contribution in [0.2, 0.25) is 0 Å². The smallest absolute Gasteiger partial charge is 0.319 e. The van der Waals surface area contributed by atoms with Crippen LogP contribution in [-0.2, 0) is 16.1 Å². The summed E-state index contributed by atoms with van der Waals surface area (Å²) in [6.07, 6.45) is 3.88. The zero-order chi connectivity index (χ0) is 26.2. The summed E-state index contributed by atoms with van der Waals surface area (Å²) in [6, 6.07) is 13.5. The van der Waals surface area contributed by atoms with Gasteiger partial charge >= 0.3 is 5.97 Å². The normalized spacial score (nSPS) is 14.8. The number of carbonyl (C=O) groups excluding carboxylic acids is 3. The number of nitrogens with one attached hydrogen (secondary N) is 2. The molecule has 2 aromatic carbocycles. The molecule has 1 unspecified atom stereocenters. The SMILES string of the molecule is NCc1ccc(C(=O)Nc2ccncc2F)cc1-c1cccc(C(=O)NCCCSC2CCOC2=O)c1. The van der Waals surface area contributed by atoms with E-state index < -0.39 is 11.7 Å². The number of rotatable bonds is 10. The van der Waals surface area contributed by atoms with Crippen molar-refractivity contribution in [3.63, 3.8) is 0 Å². The fourth-order valence-corrected chi connectivity index (χ4v) is 4.96. The van der Waals surface area contributed by atoms with Gasteiger partial charge in [-0.1, -0.05) is 18.2 Å². The van der Waals surface area contributed by atoms with Crippen LogP contribution in [0, 0.1) is 5.82 Å². The van der Waals surface area contributed by atoms with Crippen LogP contribution in [-0.4, -0.2) is 46.9 Å². The maximum Gasteiger partial charge on any atom is 0.319 e. The van der Waals surface area contributed by atoms with Gasteiger partial charge in [-0.25, -0.2) is 4.39 Å². The Morgan fingerprint density at radius 2 is 1.97 bits per heavy atom. The number of carbonyl (C=O) groups is 3. The molecule has 37 heavy (non-hydrogen) atoms. The number of amides is 2. The number of pyridine rings is 1. The molecular formula is C27H27FN4O4S. The molecule has 10 heteroatoms. The predicted octanol–water partition coefficient (Wildman–Crippen LogP) is 3.77. The van der Waals surface area contributed by atoms with Crippen LogP contribution in [0.25, 0.3) is 11.1 Å². The second-order valence-electron chi connectivity index (χ2n) is 8.39. The number of benzene rings is 2. The molecule has 1 fully saturated rings. The molecule has 1 aliphatic rings. The molecular weight excluding hydrogens is 495 g/mol. The number of aromatic nitrogens is 1. The maximum absolute atomic E-state index is 13.9. The van der Waals surface area contributed by atoms with E-state index in [1.165, 1.54) is 12.3 Å². The first-order valence-corrected chi connectivity index (χ1v) is 12.9. The fourth-order valence-electron chi connectivity index (χ4n) is 3.89. The van der Waals surface area contributed by atoms with E-state index in [4.69, 9.17) is 10.5 Å². The number of hydrogen-bond acceptors (Lipinski definition) is 7. The van der Waals surface area contributed by atoms with Gasteiger partial charge in [0.1, 0.15) is 5.25 Å². The van der Waals surface area contributed by atoms with Gasteiger partial charge in [-0.2, -0.15) is 0 Å². The molecule has 1 atom stereocenters. The second kappa shape index (κ2) is 12.5. The summed E-state index contributed by atoms with van der Waals surface area (Å²) in [5.74, 6) is -0.740. The van der Waals surface area contributed by atoms with Crippen LogP contribution in [0.4, 0.5) is 10.1 Å². The second-order valence-corrected chi connectivity index (χ2v) is 9.70. The summed E-state index contributed by atoms with van der Waals surface area (Å²) in [5.41, 5.74) is 9.00. The van der Waals surface area contributed by atoms with Gasteiger partial charge in [0, 0.05) is 36.8 Å². The molecule has 1 aromatic heterocycles. The van der Waals surface area contributed by atoms with Crippen LogP contribution in [0.5, 0.6) is 0 Å². The Morgan fingerprint density at radius 1 is 1.14 bits per heavy atom. The Hall–Kier alpha value is -3.76. The molecule has 0 radical (unpaired) electrons. The first kappa shape index (κ1) is 26.3. The van der Waals surface area contributed by atoms with Gasteiger partial charge in [-0.3, -0.25) is 19.4 Å². The monoisotopic (exact) mass is 522 g/mol. The highest BCUT2D eigenvalue weighted by atomic mass is 32.2. The Bertz CT molecular complexity index is 1300. The minimum atomic E-state index is -0.631. The van der Waals surface area contributed by atoms with E-state index in [1.54, 1.807) is 48.2 Å². The standard InChI is InChI=1S/C27H27FN4O4S/c28-22-16-30-10-7-23(22)32-26(34)19-5-6-20(15-29)21(14-19)17-3-1-4-18(13-17)25(33)31-9-2-12-37-24-8-11-36-27(24)35/h1,3-7,10,13-14,16,24H,2,8-9,11-12,15,29H2,(H,31,33)(H,30,32,34). The highest BCUT2D eigenvalue weighted by molar-refractivity contribution is 8.00. The third kappa shape index (κ3) is 6.72. The van der Waals surface area contributed by atoms with Crippen LogP contribution in [0.3, 0.4) is 0 Å². The molecule has 2 heterocycles. The quantitative estimate of drug-likeness (QED) is 0.274. The van der Waals surface area contributed by atoms with Gasteiger partial charge in [-0.15, -0.1) is 11.8 Å². The van der Waals surface area contributed by atoms with Crippen molar-refractivity contribution in [2.24, 2.45) is 5.73 Å². The largest absolute Gasteiger partial charge is 0.465 e. The van der Waals surface area contributed by atoms with Gasteiger partial charge in [0.25, 0.3) is 11.8 Å². The Morgan fingerprint density at radius 3 is 2.73 bits per heavy atom. The van der Waals surface area contributed by atoms with Gasteiger partial charge in [0.15, 0.2) is 5.82 Å². The average molecular weight is 523 g/mol. The summed E-state index contributed by atoms with van der Waals surface area (Å²) in [6.45, 7) is 1.19. The highest BCUT2D eigenvalue weighted by Gasteiger charge is 2.26. The molecule has 192 valence electrons. The van der Waals surface area contributed by atoms with Gasteiger partial charge in [-0.05, 0) is 59.2 Å². The van der Waals surface area contributed by atoms with Gasteiger partial charge in [0.2, 0.25) is 0 Å². The zero-order valence-electron chi connectivity index (χ0n) is 20.0. The number of halogens is 1. The van der Waals surface area contributed by atoms with Crippen molar-refractivity contribution in [1.82, 2.24) is 10.3 Å². The van der Waals surface area contributed by atoms with E-state index in [0.717, 1.165) is 35.9 Å². The number of nitrogens with two attached hydrogens (primary N) is 1. The van der Waals surface area contributed by atoms with Crippen LogP contribution < -0.4 is 16.4 Å².